The first-order chi connectivity index (χ1) is 11.9. The number of hydrogen-bond donors (Lipinski definition) is 1. The van der Waals surface area contributed by atoms with Gasteiger partial charge in [0.05, 0.1) is 48.1 Å². The fourth-order valence-electron chi connectivity index (χ4n) is 3.42. The number of phenolic OH excluding ortho intramolecular Hbond substituents is 1. The number of carbonyl (C=O) groups excluding carboxylic acids is 1. The number of carbonyl (C=O) groups is 1. The zero-order chi connectivity index (χ0) is 18.2. The maximum atomic E-state index is 12.7. The lowest BCUT2D eigenvalue weighted by atomic mass is 10.1. The van der Waals surface area contributed by atoms with E-state index in [-0.39, 0.29) is 11.7 Å². The van der Waals surface area contributed by atoms with E-state index in [1.54, 1.807) is 13.0 Å². The molecule has 0 bridgehead atoms. The van der Waals surface area contributed by atoms with Crippen LogP contribution >= 0.6 is 15.9 Å². The van der Waals surface area contributed by atoms with E-state index in [0.717, 1.165) is 47.4 Å². The van der Waals surface area contributed by atoms with Crippen molar-refractivity contribution in [1.29, 1.82) is 0 Å². The van der Waals surface area contributed by atoms with Crippen molar-refractivity contribution in [2.45, 2.75) is 13.5 Å². The Balaban J connectivity index is 2.16. The summed E-state index contributed by atoms with van der Waals surface area (Å²) in [6.45, 7) is 6.07. The van der Waals surface area contributed by atoms with Gasteiger partial charge in [-0.1, -0.05) is 0 Å². The van der Waals surface area contributed by atoms with E-state index >= 15 is 0 Å². The largest absolute Gasteiger partial charge is 0.507 e. The Kier molecular flexibility index (Phi) is 5.09. The number of ether oxygens (including phenoxy) is 2. The average molecular weight is 412 g/mol. The van der Waals surface area contributed by atoms with Crippen LogP contribution in [0.15, 0.2) is 16.6 Å². The van der Waals surface area contributed by atoms with Crippen molar-refractivity contribution in [1.82, 2.24) is 4.57 Å². The number of fused-ring (bicyclic) bond motifs is 1. The Bertz CT molecular complexity index is 809. The lowest BCUT2D eigenvalue weighted by Gasteiger charge is -2.37. The molecule has 25 heavy (non-hydrogen) atoms. The Morgan fingerprint density at radius 3 is 2.72 bits per heavy atom. The zero-order valence-corrected chi connectivity index (χ0v) is 16.4. The Hall–Kier alpha value is -1.57. The highest BCUT2D eigenvalue weighted by Crippen LogP contribution is 2.35. The van der Waals surface area contributed by atoms with Gasteiger partial charge in [0.2, 0.25) is 0 Å². The van der Waals surface area contributed by atoms with Gasteiger partial charge in [-0.25, -0.2) is 4.79 Å². The molecule has 1 fully saturated rings. The third-order valence-electron chi connectivity index (χ3n) is 4.95. The maximum absolute atomic E-state index is 12.7. The maximum Gasteiger partial charge on any atom is 0.340 e. The molecular weight excluding hydrogens is 388 g/mol. The average Bonchev–Trinajstić information content (AvgIpc) is 2.81. The molecule has 0 amide bonds. The first-order valence-corrected chi connectivity index (χ1v) is 9.24. The minimum atomic E-state index is -0.343. The van der Waals surface area contributed by atoms with Gasteiger partial charge < -0.3 is 23.6 Å². The van der Waals surface area contributed by atoms with Crippen LogP contribution in [0.1, 0.15) is 23.0 Å². The monoisotopic (exact) mass is 411 g/mol. The van der Waals surface area contributed by atoms with Crippen molar-refractivity contribution in [2.24, 2.45) is 7.05 Å². The fourth-order valence-corrected chi connectivity index (χ4v) is 3.75. The number of morpholine rings is 1. The van der Waals surface area contributed by atoms with E-state index in [1.807, 2.05) is 17.7 Å². The molecule has 1 saturated heterocycles. The summed E-state index contributed by atoms with van der Waals surface area (Å²) in [4.78, 5) is 12.7. The highest BCUT2D eigenvalue weighted by Gasteiger charge is 2.32. The number of esters is 1. The quantitative estimate of drug-likeness (QED) is 0.620. The summed E-state index contributed by atoms with van der Waals surface area (Å²) in [7, 11) is 4.14. The number of aromatic hydroxyl groups is 1. The Labute approximate surface area is 155 Å². The SMILES string of the molecule is CCOC(=O)c1c(C[N+]2(C)CCOCC2)n(C)c2cc(Br)c(O)cc12. The van der Waals surface area contributed by atoms with Crippen molar-refractivity contribution in [2.75, 3.05) is 40.0 Å². The Morgan fingerprint density at radius 1 is 1.40 bits per heavy atom. The van der Waals surface area contributed by atoms with Crippen LogP contribution in [0.3, 0.4) is 0 Å². The van der Waals surface area contributed by atoms with Crippen molar-refractivity contribution < 1.29 is 23.9 Å². The number of nitrogens with zero attached hydrogens (tertiary/aromatic N) is 2. The third kappa shape index (κ3) is 3.41. The molecule has 1 aromatic carbocycles. The molecule has 2 heterocycles. The first kappa shape index (κ1) is 18.2. The molecule has 1 aromatic heterocycles. The fraction of sp³-hybridized carbons (Fsp3) is 0.500. The summed E-state index contributed by atoms with van der Waals surface area (Å²) < 4.78 is 14.2. The van der Waals surface area contributed by atoms with Gasteiger partial charge in [0.1, 0.15) is 25.4 Å². The summed E-state index contributed by atoms with van der Waals surface area (Å²) in [5, 5.41) is 10.8. The molecule has 0 unspecified atom stereocenters. The molecular formula is C18H24BrN2O4+. The zero-order valence-electron chi connectivity index (χ0n) is 14.8. The number of halogens is 1. The summed E-state index contributed by atoms with van der Waals surface area (Å²) in [6.07, 6.45) is 0. The van der Waals surface area contributed by atoms with Gasteiger partial charge in [0.15, 0.2) is 0 Å². The number of quaternary nitrogens is 1. The second kappa shape index (κ2) is 6.97. The van der Waals surface area contributed by atoms with Crippen LogP contribution in [0.4, 0.5) is 0 Å². The number of rotatable bonds is 4. The predicted molar refractivity (Wildman–Crippen MR) is 98.7 cm³/mol. The molecule has 7 heteroatoms. The second-order valence-electron chi connectivity index (χ2n) is 6.76. The van der Waals surface area contributed by atoms with Crippen LogP contribution in [0.5, 0.6) is 5.75 Å². The van der Waals surface area contributed by atoms with Crippen LogP contribution in [0, 0.1) is 0 Å². The van der Waals surface area contributed by atoms with E-state index in [0.29, 0.717) is 23.2 Å². The van der Waals surface area contributed by atoms with E-state index in [9.17, 15) is 9.90 Å². The second-order valence-corrected chi connectivity index (χ2v) is 7.61. The van der Waals surface area contributed by atoms with E-state index in [1.165, 1.54) is 0 Å². The van der Waals surface area contributed by atoms with Gasteiger partial charge in [-0.05, 0) is 35.0 Å². The van der Waals surface area contributed by atoms with Gasteiger partial charge in [-0.2, -0.15) is 0 Å². The van der Waals surface area contributed by atoms with Crippen LogP contribution in [0.2, 0.25) is 0 Å². The minimum absolute atomic E-state index is 0.113. The number of likely N-dealkylation sites (N-methyl/N-ethyl adjacent to an activating group) is 1. The van der Waals surface area contributed by atoms with Crippen LogP contribution in [0.25, 0.3) is 10.9 Å². The smallest absolute Gasteiger partial charge is 0.340 e. The van der Waals surface area contributed by atoms with Crippen molar-refractivity contribution in [3.8, 4) is 5.75 Å². The van der Waals surface area contributed by atoms with Crippen LogP contribution in [-0.4, -0.2) is 60.1 Å². The normalized spacial score (nSPS) is 17.0. The Morgan fingerprint density at radius 2 is 2.08 bits per heavy atom. The standard InChI is InChI=1S/C18H23BrN2O4/c1-4-25-18(23)17-12-9-16(22)13(19)10-14(12)20(2)15(17)11-21(3)5-7-24-8-6-21/h9-10H,4-8,11H2,1-3H3/p+1. The molecule has 1 aliphatic rings. The molecule has 0 radical (unpaired) electrons. The number of benzene rings is 1. The lowest BCUT2D eigenvalue weighted by Crippen LogP contribution is -2.51. The van der Waals surface area contributed by atoms with E-state index in [2.05, 4.69) is 23.0 Å². The number of aromatic nitrogens is 1. The molecule has 1 aliphatic heterocycles. The summed E-state index contributed by atoms with van der Waals surface area (Å²) in [6, 6.07) is 3.48. The predicted octanol–water partition coefficient (Wildman–Crippen LogP) is 2.80. The van der Waals surface area contributed by atoms with Crippen molar-refractivity contribution >= 4 is 32.8 Å². The molecule has 6 nitrogen and oxygen atoms in total. The third-order valence-corrected chi connectivity index (χ3v) is 5.59. The van der Waals surface area contributed by atoms with Crippen molar-refractivity contribution in [3.63, 3.8) is 0 Å². The number of hydrogen-bond acceptors (Lipinski definition) is 4. The number of aryl methyl sites for hydroxylation is 1. The lowest BCUT2D eigenvalue weighted by molar-refractivity contribution is -0.930. The van der Waals surface area contributed by atoms with Crippen molar-refractivity contribution in [3.05, 3.63) is 27.9 Å². The molecule has 0 aliphatic carbocycles. The summed E-state index contributed by atoms with van der Waals surface area (Å²) >= 11 is 3.36. The van der Waals surface area contributed by atoms with Gasteiger partial charge in [-0.3, -0.25) is 0 Å². The van der Waals surface area contributed by atoms with Gasteiger partial charge in [0.25, 0.3) is 0 Å². The highest BCUT2D eigenvalue weighted by molar-refractivity contribution is 9.10. The van der Waals surface area contributed by atoms with E-state index < -0.39 is 0 Å². The minimum Gasteiger partial charge on any atom is -0.507 e. The molecule has 0 atom stereocenters. The topological polar surface area (TPSA) is 60.7 Å². The van der Waals surface area contributed by atoms with E-state index in [4.69, 9.17) is 9.47 Å². The van der Waals surface area contributed by atoms with Gasteiger partial charge in [-0.15, -0.1) is 0 Å². The summed E-state index contributed by atoms with van der Waals surface area (Å²) in [5.41, 5.74) is 2.37. The molecule has 0 saturated carbocycles. The molecule has 3 rings (SSSR count). The molecule has 2 aromatic rings. The van der Waals surface area contributed by atoms with Crippen LogP contribution in [-0.2, 0) is 23.1 Å². The molecule has 1 N–H and O–H groups in total. The van der Waals surface area contributed by atoms with Gasteiger partial charge in [0, 0.05) is 12.4 Å². The van der Waals surface area contributed by atoms with Crippen LogP contribution < -0.4 is 0 Å². The molecule has 0 spiro atoms. The first-order valence-electron chi connectivity index (χ1n) is 8.44. The molecule has 136 valence electrons. The summed E-state index contributed by atoms with van der Waals surface area (Å²) in [5.74, 6) is -0.230. The van der Waals surface area contributed by atoms with Gasteiger partial charge >= 0.3 is 5.97 Å². The highest BCUT2D eigenvalue weighted by atomic mass is 79.9. The number of phenols is 1.